The molecule has 2 unspecified atom stereocenters. The summed E-state index contributed by atoms with van der Waals surface area (Å²) >= 11 is 0. The lowest BCUT2D eigenvalue weighted by molar-refractivity contribution is -0.141. The summed E-state index contributed by atoms with van der Waals surface area (Å²) in [5.74, 6) is -0.629. The molecule has 1 fully saturated rings. The van der Waals surface area contributed by atoms with Gasteiger partial charge in [-0.25, -0.2) is 4.79 Å². The normalized spacial score (nSPS) is 21.6. The average Bonchev–Trinajstić information content (AvgIpc) is 2.58. The van der Waals surface area contributed by atoms with E-state index in [2.05, 4.69) is 12.2 Å². The second-order valence-electron chi connectivity index (χ2n) is 5.53. The Kier molecular flexibility index (Phi) is 6.67. The lowest BCUT2D eigenvalue weighted by Gasteiger charge is -2.22. The van der Waals surface area contributed by atoms with E-state index in [1.54, 1.807) is 0 Å². The van der Waals surface area contributed by atoms with Crippen molar-refractivity contribution >= 4 is 12.0 Å². The topological polar surface area (TPSA) is 69.6 Å². The summed E-state index contributed by atoms with van der Waals surface area (Å²) in [6, 6.07) is -0.114. The first-order chi connectivity index (χ1) is 9.04. The lowest BCUT2D eigenvalue weighted by atomic mass is 10.0. The van der Waals surface area contributed by atoms with Gasteiger partial charge in [-0.15, -0.1) is 0 Å². The molecule has 19 heavy (non-hydrogen) atoms. The van der Waals surface area contributed by atoms with Crippen LogP contribution in [0.3, 0.4) is 0 Å². The molecular formula is C14H26N2O3. The molecule has 1 rings (SSSR count). The molecule has 0 aromatic carbocycles. The van der Waals surface area contributed by atoms with Crippen LogP contribution in [0.2, 0.25) is 0 Å². The minimum Gasteiger partial charge on any atom is -0.481 e. The van der Waals surface area contributed by atoms with Crippen LogP contribution in [-0.2, 0) is 4.79 Å². The Morgan fingerprint density at radius 3 is 2.74 bits per heavy atom. The molecule has 0 saturated carbocycles. The molecular weight excluding hydrogens is 244 g/mol. The quantitative estimate of drug-likeness (QED) is 0.805. The van der Waals surface area contributed by atoms with Crippen LogP contribution in [0.5, 0.6) is 0 Å². The van der Waals surface area contributed by atoms with Crippen molar-refractivity contribution in [2.75, 3.05) is 19.6 Å². The van der Waals surface area contributed by atoms with E-state index in [9.17, 15) is 9.59 Å². The van der Waals surface area contributed by atoms with Gasteiger partial charge >= 0.3 is 12.0 Å². The summed E-state index contributed by atoms with van der Waals surface area (Å²) in [6.07, 6.45) is 4.65. The predicted molar refractivity (Wildman–Crippen MR) is 74.0 cm³/mol. The highest BCUT2D eigenvalue weighted by Crippen LogP contribution is 2.16. The highest BCUT2D eigenvalue weighted by atomic mass is 16.4. The van der Waals surface area contributed by atoms with Gasteiger partial charge in [0.15, 0.2) is 0 Å². The number of rotatable bonds is 5. The number of urea groups is 1. The fourth-order valence-electron chi connectivity index (χ4n) is 2.45. The Hall–Kier alpha value is -1.26. The zero-order chi connectivity index (χ0) is 14.3. The van der Waals surface area contributed by atoms with E-state index in [1.807, 2.05) is 11.8 Å². The van der Waals surface area contributed by atoms with Gasteiger partial charge < -0.3 is 15.3 Å². The Balaban J connectivity index is 2.38. The van der Waals surface area contributed by atoms with Crippen molar-refractivity contribution in [3.63, 3.8) is 0 Å². The van der Waals surface area contributed by atoms with Gasteiger partial charge in [0.05, 0.1) is 5.92 Å². The van der Waals surface area contributed by atoms with Crippen molar-refractivity contribution in [1.82, 2.24) is 10.2 Å². The predicted octanol–water partition coefficient (Wildman–Crippen LogP) is 2.32. The Morgan fingerprint density at radius 1 is 1.37 bits per heavy atom. The van der Waals surface area contributed by atoms with Crippen molar-refractivity contribution in [1.29, 1.82) is 0 Å². The monoisotopic (exact) mass is 270 g/mol. The summed E-state index contributed by atoms with van der Waals surface area (Å²) in [4.78, 5) is 24.8. The molecule has 110 valence electrons. The fourth-order valence-corrected chi connectivity index (χ4v) is 2.45. The van der Waals surface area contributed by atoms with Gasteiger partial charge in [-0.1, -0.05) is 20.3 Å². The zero-order valence-electron chi connectivity index (χ0n) is 12.0. The number of carbonyl (C=O) groups excluding carboxylic acids is 1. The number of likely N-dealkylation sites (tertiary alicyclic amines) is 1. The molecule has 0 spiro atoms. The Morgan fingerprint density at radius 2 is 2.11 bits per heavy atom. The molecule has 2 amide bonds. The number of carbonyl (C=O) groups is 2. The fraction of sp³-hybridized carbons (Fsp3) is 0.857. The summed E-state index contributed by atoms with van der Waals surface area (Å²) in [6.45, 7) is 5.95. The molecule has 1 aliphatic rings. The third-order valence-electron chi connectivity index (χ3n) is 3.79. The largest absolute Gasteiger partial charge is 0.481 e. The smallest absolute Gasteiger partial charge is 0.317 e. The molecule has 2 atom stereocenters. The third kappa shape index (κ3) is 5.49. The lowest BCUT2D eigenvalue weighted by Crippen LogP contribution is -2.43. The van der Waals surface area contributed by atoms with E-state index in [0.717, 1.165) is 38.8 Å². The van der Waals surface area contributed by atoms with Crippen LogP contribution in [0.15, 0.2) is 0 Å². The van der Waals surface area contributed by atoms with Gasteiger partial charge in [0.2, 0.25) is 0 Å². The molecule has 1 heterocycles. The zero-order valence-corrected chi connectivity index (χ0v) is 12.0. The Labute approximate surface area is 115 Å². The number of amides is 2. The molecule has 2 N–H and O–H groups in total. The molecule has 5 heteroatoms. The summed E-state index contributed by atoms with van der Waals surface area (Å²) < 4.78 is 0. The first kappa shape index (κ1) is 15.8. The van der Waals surface area contributed by atoms with E-state index in [0.29, 0.717) is 12.3 Å². The average molecular weight is 270 g/mol. The van der Waals surface area contributed by atoms with E-state index in [4.69, 9.17) is 5.11 Å². The van der Waals surface area contributed by atoms with Crippen molar-refractivity contribution < 1.29 is 14.7 Å². The van der Waals surface area contributed by atoms with E-state index >= 15 is 0 Å². The highest BCUT2D eigenvalue weighted by molar-refractivity contribution is 5.76. The number of carboxylic acid groups (broad SMARTS) is 1. The number of hydrogen-bond donors (Lipinski definition) is 2. The van der Waals surface area contributed by atoms with Crippen LogP contribution in [0.4, 0.5) is 4.79 Å². The molecule has 0 aliphatic carbocycles. The maximum Gasteiger partial charge on any atom is 0.317 e. The summed E-state index contributed by atoms with van der Waals surface area (Å²) in [5, 5.41) is 11.8. The SMILES string of the molecule is CCCC(CNC(=O)N1CCCC(C)CC1)C(=O)O. The maximum absolute atomic E-state index is 12.0. The number of nitrogens with zero attached hydrogens (tertiary/aromatic N) is 1. The van der Waals surface area contributed by atoms with Gasteiger partial charge in [0, 0.05) is 19.6 Å². The van der Waals surface area contributed by atoms with Crippen molar-refractivity contribution in [3.8, 4) is 0 Å². The molecule has 0 aromatic rings. The van der Waals surface area contributed by atoms with Gasteiger partial charge in [0.1, 0.15) is 0 Å². The van der Waals surface area contributed by atoms with Crippen molar-refractivity contribution in [3.05, 3.63) is 0 Å². The number of hydrogen-bond acceptors (Lipinski definition) is 2. The van der Waals surface area contributed by atoms with Crippen LogP contribution in [0.25, 0.3) is 0 Å². The molecule has 5 nitrogen and oxygen atoms in total. The maximum atomic E-state index is 12.0. The molecule has 0 radical (unpaired) electrons. The number of nitrogens with one attached hydrogen (secondary N) is 1. The minimum atomic E-state index is -0.827. The molecule has 1 aliphatic heterocycles. The van der Waals surface area contributed by atoms with E-state index < -0.39 is 11.9 Å². The van der Waals surface area contributed by atoms with Crippen LogP contribution in [0.1, 0.15) is 46.0 Å². The van der Waals surface area contributed by atoms with Gasteiger partial charge in [-0.05, 0) is 31.6 Å². The highest BCUT2D eigenvalue weighted by Gasteiger charge is 2.21. The standard InChI is InChI=1S/C14H26N2O3/c1-3-5-12(13(17)18)10-15-14(19)16-8-4-6-11(2)7-9-16/h11-12H,3-10H2,1-2H3,(H,15,19)(H,17,18). The third-order valence-corrected chi connectivity index (χ3v) is 3.79. The second kappa shape index (κ2) is 8.02. The van der Waals surface area contributed by atoms with E-state index in [-0.39, 0.29) is 12.6 Å². The van der Waals surface area contributed by atoms with Crippen molar-refractivity contribution in [2.24, 2.45) is 11.8 Å². The Bertz CT molecular complexity index is 307. The number of aliphatic carboxylic acids is 1. The summed E-state index contributed by atoms with van der Waals surface area (Å²) in [7, 11) is 0. The molecule has 0 aromatic heterocycles. The van der Waals surface area contributed by atoms with Crippen molar-refractivity contribution in [2.45, 2.75) is 46.0 Å². The van der Waals surface area contributed by atoms with Crippen LogP contribution < -0.4 is 5.32 Å². The second-order valence-corrected chi connectivity index (χ2v) is 5.53. The van der Waals surface area contributed by atoms with Gasteiger partial charge in [-0.3, -0.25) is 4.79 Å². The first-order valence-corrected chi connectivity index (χ1v) is 7.30. The van der Waals surface area contributed by atoms with Crippen LogP contribution in [-0.4, -0.2) is 41.6 Å². The van der Waals surface area contributed by atoms with Gasteiger partial charge in [0.25, 0.3) is 0 Å². The molecule has 1 saturated heterocycles. The van der Waals surface area contributed by atoms with Crippen LogP contribution in [0, 0.1) is 11.8 Å². The van der Waals surface area contributed by atoms with E-state index in [1.165, 1.54) is 0 Å². The first-order valence-electron chi connectivity index (χ1n) is 7.30. The van der Waals surface area contributed by atoms with Crippen LogP contribution >= 0.6 is 0 Å². The molecule has 0 bridgehead atoms. The summed E-state index contributed by atoms with van der Waals surface area (Å²) in [5.41, 5.74) is 0. The number of carboxylic acids is 1. The minimum absolute atomic E-state index is 0.114. The van der Waals surface area contributed by atoms with Gasteiger partial charge in [-0.2, -0.15) is 0 Å².